The SMILES string of the molecule is CC1(C)c2c(ccc3nccnc23)-c2ccc3c4ccccc4n(-c4nc(-c5ccccc5)nc(-c5ccccc5)n4)c3c21. The second kappa shape index (κ2) is 9.12. The van der Waals surface area contributed by atoms with Crippen molar-refractivity contribution in [3.63, 3.8) is 0 Å². The molecule has 0 amide bonds. The molecule has 1 aliphatic rings. The fourth-order valence-corrected chi connectivity index (χ4v) is 7.04. The third-order valence-electron chi connectivity index (χ3n) is 8.90. The predicted molar refractivity (Wildman–Crippen MR) is 176 cm³/mol. The van der Waals surface area contributed by atoms with Gasteiger partial charge in [0.1, 0.15) is 0 Å². The molecule has 0 radical (unpaired) electrons. The smallest absolute Gasteiger partial charge is 0.238 e. The summed E-state index contributed by atoms with van der Waals surface area (Å²) in [6, 6.07) is 37.6. The lowest BCUT2D eigenvalue weighted by molar-refractivity contribution is 0.667. The van der Waals surface area contributed by atoms with Crippen LogP contribution in [0.25, 0.3) is 72.7 Å². The Kier molecular flexibility index (Phi) is 5.14. The highest BCUT2D eigenvalue weighted by molar-refractivity contribution is 6.13. The summed E-state index contributed by atoms with van der Waals surface area (Å²) in [6.07, 6.45) is 3.55. The minimum absolute atomic E-state index is 0.358. The molecule has 0 saturated carbocycles. The van der Waals surface area contributed by atoms with E-state index in [1.54, 1.807) is 12.4 Å². The number of benzene rings is 5. The van der Waals surface area contributed by atoms with Gasteiger partial charge >= 0.3 is 0 Å². The summed E-state index contributed by atoms with van der Waals surface area (Å²) in [6.45, 7) is 4.59. The summed E-state index contributed by atoms with van der Waals surface area (Å²) in [7, 11) is 0. The predicted octanol–water partition coefficient (Wildman–Crippen LogP) is 8.55. The van der Waals surface area contributed by atoms with Crippen LogP contribution in [0.15, 0.2) is 122 Å². The van der Waals surface area contributed by atoms with E-state index in [1.165, 1.54) is 27.6 Å². The molecule has 5 aromatic carbocycles. The van der Waals surface area contributed by atoms with Gasteiger partial charge in [-0.25, -0.2) is 4.98 Å². The summed E-state index contributed by atoms with van der Waals surface area (Å²) in [5, 5.41) is 2.32. The van der Waals surface area contributed by atoms with Gasteiger partial charge in [-0.05, 0) is 34.4 Å². The number of fused-ring (bicyclic) bond motifs is 9. The second-order valence-corrected chi connectivity index (χ2v) is 11.8. The van der Waals surface area contributed by atoms with Gasteiger partial charge in [-0.2, -0.15) is 9.97 Å². The second-order valence-electron chi connectivity index (χ2n) is 11.8. The molecule has 0 unspecified atom stereocenters. The van der Waals surface area contributed by atoms with Crippen LogP contribution in [0, 0.1) is 0 Å². The lowest BCUT2D eigenvalue weighted by atomic mass is 9.81. The third-order valence-corrected chi connectivity index (χ3v) is 8.90. The van der Waals surface area contributed by atoms with Crippen molar-refractivity contribution >= 4 is 32.8 Å². The van der Waals surface area contributed by atoms with Crippen LogP contribution < -0.4 is 0 Å². The molecule has 1 aliphatic carbocycles. The van der Waals surface area contributed by atoms with Gasteiger partial charge in [0.05, 0.1) is 22.1 Å². The summed E-state index contributed by atoms with van der Waals surface area (Å²) in [5.41, 5.74) is 10.4. The molecule has 0 aliphatic heterocycles. The Bertz CT molecular complexity index is 2350. The first-order valence-electron chi connectivity index (χ1n) is 14.8. The van der Waals surface area contributed by atoms with Crippen LogP contribution in [-0.2, 0) is 5.41 Å². The maximum atomic E-state index is 5.16. The van der Waals surface area contributed by atoms with E-state index >= 15 is 0 Å². The van der Waals surface area contributed by atoms with E-state index in [0.717, 1.165) is 38.6 Å². The minimum Gasteiger partial charge on any atom is -0.277 e. The quantitative estimate of drug-likeness (QED) is 0.214. The molecule has 6 heteroatoms. The Morgan fingerprint density at radius 1 is 0.545 bits per heavy atom. The van der Waals surface area contributed by atoms with E-state index in [2.05, 4.69) is 71.9 Å². The Labute approximate surface area is 253 Å². The van der Waals surface area contributed by atoms with Gasteiger partial charge in [-0.1, -0.05) is 111 Å². The van der Waals surface area contributed by atoms with E-state index < -0.39 is 0 Å². The Morgan fingerprint density at radius 3 is 1.89 bits per heavy atom. The van der Waals surface area contributed by atoms with Crippen LogP contribution in [0.3, 0.4) is 0 Å². The van der Waals surface area contributed by atoms with Crippen LogP contribution in [0.2, 0.25) is 0 Å². The molecule has 208 valence electrons. The Balaban J connectivity index is 1.41. The Morgan fingerprint density at radius 2 is 1.16 bits per heavy atom. The van der Waals surface area contributed by atoms with Gasteiger partial charge in [0.15, 0.2) is 11.6 Å². The maximum Gasteiger partial charge on any atom is 0.238 e. The van der Waals surface area contributed by atoms with Gasteiger partial charge in [-0.3, -0.25) is 14.5 Å². The van der Waals surface area contributed by atoms with Crippen LogP contribution in [0.4, 0.5) is 0 Å². The van der Waals surface area contributed by atoms with Crippen molar-refractivity contribution in [2.45, 2.75) is 19.3 Å². The van der Waals surface area contributed by atoms with E-state index in [1.807, 2.05) is 60.7 Å². The van der Waals surface area contributed by atoms with Gasteiger partial charge in [-0.15, -0.1) is 0 Å². The number of para-hydroxylation sites is 1. The molecule has 0 saturated heterocycles. The first-order valence-corrected chi connectivity index (χ1v) is 14.8. The number of hydrogen-bond donors (Lipinski definition) is 0. The summed E-state index contributed by atoms with van der Waals surface area (Å²) >= 11 is 0. The number of aromatic nitrogens is 6. The van der Waals surface area contributed by atoms with Crippen molar-refractivity contribution in [1.29, 1.82) is 0 Å². The zero-order chi connectivity index (χ0) is 29.4. The van der Waals surface area contributed by atoms with Crippen molar-refractivity contribution in [3.8, 4) is 39.9 Å². The topological polar surface area (TPSA) is 69.4 Å². The largest absolute Gasteiger partial charge is 0.277 e. The molecule has 0 fully saturated rings. The highest BCUT2D eigenvalue weighted by Gasteiger charge is 2.40. The van der Waals surface area contributed by atoms with Gasteiger partial charge in [0.25, 0.3) is 0 Å². The van der Waals surface area contributed by atoms with Gasteiger partial charge in [0.2, 0.25) is 5.95 Å². The highest BCUT2D eigenvalue weighted by Crippen LogP contribution is 2.54. The number of nitrogens with zero attached hydrogens (tertiary/aromatic N) is 6. The van der Waals surface area contributed by atoms with E-state index in [4.69, 9.17) is 19.9 Å². The molecule has 0 N–H and O–H groups in total. The van der Waals surface area contributed by atoms with Crippen molar-refractivity contribution in [2.75, 3.05) is 0 Å². The maximum absolute atomic E-state index is 5.16. The van der Waals surface area contributed by atoms with Crippen molar-refractivity contribution in [1.82, 2.24) is 29.5 Å². The highest BCUT2D eigenvalue weighted by atomic mass is 15.2. The van der Waals surface area contributed by atoms with Crippen LogP contribution >= 0.6 is 0 Å². The molecular weight excluding hydrogens is 540 g/mol. The Hall–Kier alpha value is -5.75. The third kappa shape index (κ3) is 3.45. The van der Waals surface area contributed by atoms with Crippen LogP contribution in [-0.4, -0.2) is 29.5 Å². The monoisotopic (exact) mass is 566 g/mol. The first-order chi connectivity index (χ1) is 21.6. The molecule has 9 rings (SSSR count). The van der Waals surface area contributed by atoms with Crippen molar-refractivity contribution in [3.05, 3.63) is 133 Å². The van der Waals surface area contributed by atoms with Gasteiger partial charge in [0, 0.05) is 39.7 Å². The first kappa shape index (κ1) is 24.8. The van der Waals surface area contributed by atoms with Crippen molar-refractivity contribution < 1.29 is 0 Å². The number of hydrogen-bond acceptors (Lipinski definition) is 5. The molecule has 3 aromatic heterocycles. The fraction of sp³-hybridized carbons (Fsp3) is 0.0789. The van der Waals surface area contributed by atoms with Crippen molar-refractivity contribution in [2.24, 2.45) is 0 Å². The molecule has 0 bridgehead atoms. The molecule has 8 aromatic rings. The molecule has 44 heavy (non-hydrogen) atoms. The normalized spacial score (nSPS) is 13.4. The molecule has 6 nitrogen and oxygen atoms in total. The van der Waals surface area contributed by atoms with E-state index in [0.29, 0.717) is 17.6 Å². The van der Waals surface area contributed by atoms with E-state index in [9.17, 15) is 0 Å². The summed E-state index contributed by atoms with van der Waals surface area (Å²) in [5.74, 6) is 1.86. The molecular formula is C38H26N6. The fourth-order valence-electron chi connectivity index (χ4n) is 7.04. The zero-order valence-electron chi connectivity index (χ0n) is 24.2. The van der Waals surface area contributed by atoms with Gasteiger partial charge < -0.3 is 0 Å². The lowest BCUT2D eigenvalue weighted by Gasteiger charge is -2.24. The molecule has 0 atom stereocenters. The van der Waals surface area contributed by atoms with E-state index in [-0.39, 0.29) is 5.41 Å². The summed E-state index contributed by atoms with van der Waals surface area (Å²) in [4.78, 5) is 24.7. The van der Waals surface area contributed by atoms with Crippen LogP contribution in [0.1, 0.15) is 25.0 Å². The van der Waals surface area contributed by atoms with Crippen LogP contribution in [0.5, 0.6) is 0 Å². The molecule has 3 heterocycles. The summed E-state index contributed by atoms with van der Waals surface area (Å²) < 4.78 is 2.24. The number of rotatable bonds is 3. The average molecular weight is 567 g/mol. The zero-order valence-corrected chi connectivity index (χ0v) is 24.2. The standard InChI is InChI=1S/C38H26N6/c1-38(2)31-26(19-20-29-33(31)40-22-21-39-29)27-17-18-28-25-15-9-10-16-30(25)44(34(28)32(27)38)37-42-35(23-11-5-3-6-12-23)41-36(43-37)24-13-7-4-8-14-24/h3-22H,1-2H3. The minimum atomic E-state index is -0.358. The average Bonchev–Trinajstić information content (AvgIpc) is 3.54. The lowest BCUT2D eigenvalue weighted by Crippen LogP contribution is -2.18. The molecule has 0 spiro atoms.